The maximum Gasteiger partial charge on any atom is 0.488 e. The van der Waals surface area contributed by atoms with E-state index in [9.17, 15) is 10.0 Å². The summed E-state index contributed by atoms with van der Waals surface area (Å²) in [7, 11) is -1.39. The summed E-state index contributed by atoms with van der Waals surface area (Å²) in [5.41, 5.74) is 23.4. The van der Waals surface area contributed by atoms with Crippen molar-refractivity contribution >= 4 is 28.5 Å². The molecule has 10 aliphatic rings. The van der Waals surface area contributed by atoms with Gasteiger partial charge in [-0.05, 0) is 234 Å². The van der Waals surface area contributed by atoms with Gasteiger partial charge < -0.3 is 10.0 Å². The second kappa shape index (κ2) is 24.6. The molecule has 480 valence electrons. The number of hydrogen-bond donors (Lipinski definition) is 2. The van der Waals surface area contributed by atoms with Crippen LogP contribution in [0.5, 0.6) is 0 Å². The van der Waals surface area contributed by atoms with E-state index >= 15 is 0 Å². The first-order chi connectivity index (χ1) is 48.0. The van der Waals surface area contributed by atoms with Crippen LogP contribution in [0.3, 0.4) is 0 Å². The molecule has 10 aliphatic carbocycles. The normalized spacial score (nSPS) is 24.1. The second-order valence-corrected chi connectivity index (χ2v) is 30.5. The van der Waals surface area contributed by atoms with Crippen molar-refractivity contribution in [3.05, 3.63) is 281 Å². The number of hydrogen-bond acceptors (Lipinski definition) is 8. The van der Waals surface area contributed by atoms with Gasteiger partial charge in [0, 0.05) is 48.7 Å². The molecule has 0 atom stereocenters. The van der Waals surface area contributed by atoms with Gasteiger partial charge >= 0.3 is 7.12 Å². The van der Waals surface area contributed by atoms with Crippen LogP contribution in [-0.2, 0) is 10.8 Å². The molecule has 2 heterocycles. The fourth-order valence-corrected chi connectivity index (χ4v) is 21.1. The molecule has 2 aromatic heterocycles. The Labute approximate surface area is 583 Å². The van der Waals surface area contributed by atoms with Gasteiger partial charge in [0.25, 0.3) is 0 Å². The number of rotatable bonds is 8. The van der Waals surface area contributed by atoms with Crippen LogP contribution in [0.15, 0.2) is 247 Å². The van der Waals surface area contributed by atoms with Crippen LogP contribution in [0, 0.1) is 61.2 Å². The third-order valence-electron chi connectivity index (χ3n) is 23.8. The predicted octanol–water partition coefficient (Wildman–Crippen LogP) is 19.6. The van der Waals surface area contributed by atoms with Gasteiger partial charge in [-0.2, -0.15) is 0 Å². The molecule has 2 spiro atoms. The first-order valence-electron chi connectivity index (χ1n) is 35.5. The van der Waals surface area contributed by atoms with Crippen LogP contribution in [0.4, 0.5) is 0 Å². The summed E-state index contributed by atoms with van der Waals surface area (Å²) >= 11 is 3.57. The molecule has 0 unspecified atom stereocenters. The topological polar surface area (TPSA) is 118 Å². The molecule has 0 saturated heterocycles. The monoisotopic (exact) mass is 1340 g/mol. The average Bonchev–Trinajstić information content (AvgIpc) is 1.47. The average molecular weight is 1340 g/mol. The van der Waals surface area contributed by atoms with E-state index in [0.29, 0.717) is 40.4 Å². The van der Waals surface area contributed by atoms with E-state index in [0.717, 1.165) is 90.8 Å². The Morgan fingerprint density at radius 3 is 1.02 bits per heavy atom. The summed E-state index contributed by atoms with van der Waals surface area (Å²) in [6, 6.07) is 85.3. The fourth-order valence-electron chi connectivity index (χ4n) is 20.5. The lowest BCUT2D eigenvalue weighted by molar-refractivity contribution is -0.0399. The molecule has 8 nitrogen and oxygen atoms in total. The van der Waals surface area contributed by atoms with Crippen LogP contribution < -0.4 is 5.46 Å². The van der Waals surface area contributed by atoms with E-state index in [1.54, 1.807) is 11.1 Å². The highest BCUT2D eigenvalue weighted by atomic mass is 79.9. The van der Waals surface area contributed by atoms with Gasteiger partial charge in [0.2, 0.25) is 0 Å². The first kappa shape index (κ1) is 61.0. The highest BCUT2D eigenvalue weighted by Gasteiger charge is 2.63. The molecule has 0 amide bonds. The van der Waals surface area contributed by atoms with E-state index in [-0.39, 0.29) is 10.8 Å². The van der Waals surface area contributed by atoms with Crippen LogP contribution >= 0.6 is 15.9 Å². The molecule has 12 aromatic rings. The van der Waals surface area contributed by atoms with Crippen molar-refractivity contribution in [2.45, 2.75) is 88.9 Å². The Balaban J connectivity index is 0.000000116. The number of halogens is 1. The third-order valence-corrected chi connectivity index (χ3v) is 24.3. The van der Waals surface area contributed by atoms with Crippen LogP contribution in [-0.4, -0.2) is 47.1 Å². The SMILES string of the molecule is Cc1cc(-c2ccc3c(c2)C2(c4ccccc4-3)C3CC4CC(C3)CC2C4)cc(-c2nc(-c3ccccc3)nc(-c3ccccc3)n2)c1.Cc1cc(Br)cc(-c2nc(-c3ccccc3)nc(-c3ccccc3)n2)c1.OB(O)c1ccc2c(c1)C1(c3ccccc3-2)C2CC3CC(C2)CC1C3. The van der Waals surface area contributed by atoms with Crippen molar-refractivity contribution in [3.63, 3.8) is 0 Å². The molecule has 22 rings (SSSR count). The maximum absolute atomic E-state index is 9.77. The van der Waals surface area contributed by atoms with Crippen molar-refractivity contribution in [1.82, 2.24) is 29.9 Å². The van der Waals surface area contributed by atoms with Gasteiger partial charge in [-0.3, -0.25) is 0 Å². The largest absolute Gasteiger partial charge is 0.488 e. The summed E-state index contributed by atoms with van der Waals surface area (Å²) in [6.45, 7) is 4.25. The van der Waals surface area contributed by atoms with Gasteiger partial charge in [-0.15, -0.1) is 0 Å². The quantitative estimate of drug-likeness (QED) is 0.145. The Bertz CT molecular complexity index is 4850. The summed E-state index contributed by atoms with van der Waals surface area (Å²) < 4.78 is 1.01. The minimum Gasteiger partial charge on any atom is -0.423 e. The van der Waals surface area contributed by atoms with Crippen LogP contribution in [0.25, 0.3) is 102 Å². The molecule has 8 fully saturated rings. The van der Waals surface area contributed by atoms with Gasteiger partial charge in [0.15, 0.2) is 34.9 Å². The van der Waals surface area contributed by atoms with Crippen molar-refractivity contribution in [2.24, 2.45) is 47.3 Å². The van der Waals surface area contributed by atoms with E-state index in [1.807, 2.05) is 109 Å². The van der Waals surface area contributed by atoms with Crippen molar-refractivity contribution in [3.8, 4) is 102 Å². The summed E-state index contributed by atoms with van der Waals surface area (Å²) in [4.78, 5) is 29.2. The number of aryl methyl sites for hydroxylation is 2. The second-order valence-electron chi connectivity index (χ2n) is 29.6. The Morgan fingerprint density at radius 1 is 0.296 bits per heavy atom. The number of aromatic nitrogens is 6. The van der Waals surface area contributed by atoms with Crippen molar-refractivity contribution in [1.29, 1.82) is 0 Å². The zero-order chi connectivity index (χ0) is 65.8. The third kappa shape index (κ3) is 10.5. The molecule has 10 aromatic carbocycles. The summed E-state index contributed by atoms with van der Waals surface area (Å²) in [5.74, 6) is 10.8. The number of fused-ring (bicyclic) bond motifs is 6. The molecule has 10 heteroatoms. The van der Waals surface area contributed by atoms with E-state index in [4.69, 9.17) is 29.9 Å². The van der Waals surface area contributed by atoms with E-state index in [1.165, 1.54) is 114 Å². The lowest BCUT2D eigenvalue weighted by Crippen LogP contribution is -2.55. The van der Waals surface area contributed by atoms with Gasteiger partial charge in [0.1, 0.15) is 0 Å². The minimum atomic E-state index is -1.39. The number of benzene rings is 10. The lowest BCUT2D eigenvalue weighted by Gasteiger charge is -2.61. The molecule has 0 radical (unpaired) electrons. The van der Waals surface area contributed by atoms with Crippen LogP contribution in [0.2, 0.25) is 0 Å². The van der Waals surface area contributed by atoms with Gasteiger partial charge in [-0.25, -0.2) is 29.9 Å². The van der Waals surface area contributed by atoms with Crippen molar-refractivity contribution in [2.75, 3.05) is 0 Å². The molecular weight excluding hydrogens is 1260 g/mol. The molecule has 2 N–H and O–H groups in total. The Hall–Kier alpha value is -9.32. The van der Waals surface area contributed by atoms with Gasteiger partial charge in [-0.1, -0.05) is 222 Å². The van der Waals surface area contributed by atoms with Gasteiger partial charge in [0.05, 0.1) is 0 Å². The van der Waals surface area contributed by atoms with E-state index < -0.39 is 7.12 Å². The first-order valence-corrected chi connectivity index (χ1v) is 36.3. The van der Waals surface area contributed by atoms with Crippen molar-refractivity contribution < 1.29 is 10.0 Å². The number of nitrogens with zero attached hydrogens (tertiary/aromatic N) is 6. The zero-order valence-electron chi connectivity index (χ0n) is 55.3. The Morgan fingerprint density at radius 2 is 0.622 bits per heavy atom. The molecule has 98 heavy (non-hydrogen) atoms. The standard InChI is InChI=1S/C44H37N3.C22H23BO2.C22H16BrN3/c1-27-18-33(25-34(19-27)43-46-41(30-10-4-2-5-11-30)45-42(47-43)31-12-6-3-7-13-31)32-16-17-38-37-14-8-9-15-39(37)44(40(38)26-32)35-21-28-20-29(23-35)24-36(44)22-28;24-23(25)17-5-6-19-18-3-1-2-4-20(18)22(21(19)12-17)15-8-13-7-14(10-15)11-16(22)9-13;1-15-12-18(14-19(23)13-15)22-25-20(16-8-4-2-5-9-16)24-21(26-22)17-10-6-3-7-11-17/h2-19,25-26,28-29,35-36H,20-24H2,1H3;1-6,12-16,24-25H,7-11H2;2-14H,1H3. The fraction of sp³-hybridized carbons (Fsp3) is 0.250. The predicted molar refractivity (Wildman–Crippen MR) is 398 cm³/mol. The summed E-state index contributed by atoms with van der Waals surface area (Å²) in [5, 5.41) is 19.5. The maximum atomic E-state index is 9.77. The molecule has 0 aliphatic heterocycles. The summed E-state index contributed by atoms with van der Waals surface area (Å²) in [6.07, 6.45) is 13.9. The molecule has 8 bridgehead atoms. The highest BCUT2D eigenvalue weighted by molar-refractivity contribution is 9.10. The zero-order valence-corrected chi connectivity index (χ0v) is 56.9. The Kier molecular flexibility index (Phi) is 15.3. The molecular formula is C88H76BBrN6O2. The lowest BCUT2D eigenvalue weighted by atomic mass is 9.43. The smallest absolute Gasteiger partial charge is 0.423 e. The minimum absolute atomic E-state index is 0.115. The van der Waals surface area contributed by atoms with E-state index in [2.05, 4.69) is 163 Å². The highest BCUT2D eigenvalue weighted by Crippen LogP contribution is 2.71. The molecule has 8 saturated carbocycles. The van der Waals surface area contributed by atoms with Crippen LogP contribution in [0.1, 0.15) is 97.6 Å².